The minimum absolute atomic E-state index is 0.0280. The fraction of sp³-hybridized carbons (Fsp3) is 0.647. The normalized spacial score (nSPS) is 14.7. The average Bonchev–Trinajstić information content (AvgIpc) is 0.918. The van der Waals surface area contributed by atoms with E-state index in [0.29, 0.717) is 32.1 Å². The van der Waals surface area contributed by atoms with E-state index in [-0.39, 0.29) is 25.7 Å². The molecule has 0 saturated carbocycles. The van der Waals surface area contributed by atoms with Crippen molar-refractivity contribution >= 4 is 39.5 Å². The smallest absolute Gasteiger partial charge is 0.462 e. The number of unbranched alkanes of at least 4 members (excludes halogenated alkanes) is 21. The molecule has 0 rings (SSSR count). The van der Waals surface area contributed by atoms with Gasteiger partial charge in [0.15, 0.2) is 12.2 Å². The summed E-state index contributed by atoms with van der Waals surface area (Å²) in [7, 11) is -10.0. The second kappa shape index (κ2) is 75.9. The van der Waals surface area contributed by atoms with Gasteiger partial charge in [0.2, 0.25) is 0 Å². The van der Waals surface area contributed by atoms with Crippen molar-refractivity contribution < 1.29 is 80.2 Å². The van der Waals surface area contributed by atoms with Crippen LogP contribution in [0.25, 0.3) is 0 Å². The van der Waals surface area contributed by atoms with Crippen molar-refractivity contribution in [1.29, 1.82) is 0 Å². The van der Waals surface area contributed by atoms with E-state index in [1.54, 1.807) is 0 Å². The molecule has 0 radical (unpaired) electrons. The first-order chi connectivity index (χ1) is 50.7. The number of phosphoric ester groups is 2. The fourth-order valence-electron chi connectivity index (χ4n) is 9.97. The van der Waals surface area contributed by atoms with Gasteiger partial charge < -0.3 is 33.8 Å². The van der Waals surface area contributed by atoms with Crippen molar-refractivity contribution in [1.82, 2.24) is 0 Å². The number of carbonyl (C=O) groups excluding carboxylic acids is 4. The molecule has 592 valence electrons. The Morgan fingerprint density at radius 2 is 0.519 bits per heavy atom. The molecular formula is C85H140O17P2. The summed E-state index contributed by atoms with van der Waals surface area (Å²) >= 11 is 0. The lowest BCUT2D eigenvalue weighted by Crippen LogP contribution is -2.30. The van der Waals surface area contributed by atoms with Crippen LogP contribution in [0.3, 0.4) is 0 Å². The number of allylic oxidation sites excluding steroid dienone is 26. The van der Waals surface area contributed by atoms with Crippen LogP contribution in [0.5, 0.6) is 0 Å². The molecule has 0 aliphatic rings. The molecule has 0 heterocycles. The van der Waals surface area contributed by atoms with Gasteiger partial charge in [-0.1, -0.05) is 269 Å². The molecule has 0 bridgehead atoms. The lowest BCUT2D eigenvalue weighted by Gasteiger charge is -2.21. The highest BCUT2D eigenvalue weighted by Gasteiger charge is 2.30. The SMILES string of the molecule is CC/C=C\C/C=C\C/C=C\C/C=C\C/C=C\C/C=C\CCC(=O)OCC(COP(=O)(O)OCC(O)COP(=O)(O)OCC(COC(=O)CCCCCCC/C=C\C/C=C\C/C=C\CC)OC(=O)CCCCCCC/C=C\C/C=C\CCCCC)OC(=O)CCCCCCC/C=C\C/C=C\CCCCC. The Bertz CT molecular complexity index is 2590. The summed E-state index contributed by atoms with van der Waals surface area (Å²) in [5.74, 6) is -2.33. The van der Waals surface area contributed by atoms with Crippen LogP contribution in [0, 0.1) is 0 Å². The zero-order valence-electron chi connectivity index (χ0n) is 64.6. The summed E-state index contributed by atoms with van der Waals surface area (Å²) < 4.78 is 68.5. The van der Waals surface area contributed by atoms with Crippen molar-refractivity contribution in [3.05, 3.63) is 158 Å². The summed E-state index contributed by atoms with van der Waals surface area (Å²) in [6, 6.07) is 0. The quantitative estimate of drug-likeness (QED) is 0.0169. The summed E-state index contributed by atoms with van der Waals surface area (Å²) in [6.45, 7) is 4.45. The van der Waals surface area contributed by atoms with E-state index in [0.717, 1.165) is 173 Å². The van der Waals surface area contributed by atoms with Crippen LogP contribution in [0.1, 0.15) is 297 Å². The maximum atomic E-state index is 13.1. The Hall–Kier alpha value is -5.32. The molecule has 0 aliphatic carbocycles. The molecule has 0 aliphatic heterocycles. The molecule has 19 heteroatoms. The van der Waals surface area contributed by atoms with Gasteiger partial charge in [-0.05, 0) is 161 Å². The highest BCUT2D eigenvalue weighted by Crippen LogP contribution is 2.45. The number of hydrogen-bond donors (Lipinski definition) is 3. The average molecular weight is 1500 g/mol. The molecule has 0 aromatic heterocycles. The predicted molar refractivity (Wildman–Crippen MR) is 427 cm³/mol. The van der Waals surface area contributed by atoms with Crippen LogP contribution in [-0.2, 0) is 65.4 Å². The van der Waals surface area contributed by atoms with Crippen molar-refractivity contribution in [3.63, 3.8) is 0 Å². The summed E-state index contributed by atoms with van der Waals surface area (Å²) in [6.07, 6.45) is 88.0. The molecule has 0 aromatic carbocycles. The van der Waals surface area contributed by atoms with Gasteiger partial charge in [0.25, 0.3) is 0 Å². The third-order valence-electron chi connectivity index (χ3n) is 16.0. The Balaban J connectivity index is 5.47. The second-order valence-electron chi connectivity index (χ2n) is 25.9. The van der Waals surface area contributed by atoms with Gasteiger partial charge in [0.05, 0.1) is 26.4 Å². The topological polar surface area (TPSA) is 237 Å². The maximum absolute atomic E-state index is 13.1. The summed E-state index contributed by atoms with van der Waals surface area (Å²) in [5.41, 5.74) is 0. The number of hydrogen-bond acceptors (Lipinski definition) is 15. The van der Waals surface area contributed by atoms with Crippen LogP contribution in [0.2, 0.25) is 0 Å². The van der Waals surface area contributed by atoms with E-state index < -0.39 is 97.5 Å². The highest BCUT2D eigenvalue weighted by molar-refractivity contribution is 7.47. The van der Waals surface area contributed by atoms with E-state index in [1.165, 1.54) is 38.5 Å². The third kappa shape index (κ3) is 74.9. The van der Waals surface area contributed by atoms with E-state index >= 15 is 0 Å². The molecule has 0 fully saturated rings. The molecule has 5 unspecified atom stereocenters. The first kappa shape index (κ1) is 98.7. The molecule has 3 N–H and O–H groups in total. The Kier molecular flexibility index (Phi) is 72.0. The molecular weight excluding hydrogens is 1350 g/mol. The largest absolute Gasteiger partial charge is 0.472 e. The minimum atomic E-state index is -5.01. The van der Waals surface area contributed by atoms with E-state index in [9.17, 15) is 43.2 Å². The van der Waals surface area contributed by atoms with Crippen LogP contribution < -0.4 is 0 Å². The maximum Gasteiger partial charge on any atom is 0.472 e. The zero-order chi connectivity index (χ0) is 76.0. The van der Waals surface area contributed by atoms with E-state index in [1.807, 2.05) is 18.2 Å². The number of phosphoric acid groups is 2. The standard InChI is InChI=1S/C85H140O17P2/c1-5-9-13-17-21-25-29-33-37-38-39-40-44-46-50-54-58-62-66-70-83(88)96-76-81(102-85(90)72-68-64-60-56-52-48-43-36-32-28-24-20-16-12-8-4)78-100-104(93,94)98-74-79(86)73-97-103(91,92)99-77-80(101-84(89)71-67-63-59-55-51-47-42-35-31-27-23-19-15-11-7-3)75-95-82(87)69-65-61-57-53-49-45-41-34-30-26-22-18-14-10-6-2/h9-10,13-14,21-28,33-37,39-43,46,50,58,62,79-81,86H,5-8,11-12,15-20,29-32,38,44-45,47-49,51-57,59-61,63-78H2,1-4H3,(H,91,92)(H,93,94)/b13-9-,14-10-,25-21-,26-22-,27-23-,28-24-,37-33-,40-39-,41-34-,42-35-,43-36-,50-46-,62-58-. The first-order valence-electron chi connectivity index (χ1n) is 39.7. The zero-order valence-corrected chi connectivity index (χ0v) is 66.4. The van der Waals surface area contributed by atoms with Gasteiger partial charge in [0, 0.05) is 25.7 Å². The Morgan fingerprint density at radius 3 is 0.827 bits per heavy atom. The molecule has 17 nitrogen and oxygen atoms in total. The van der Waals surface area contributed by atoms with Crippen molar-refractivity contribution in [2.45, 2.75) is 316 Å². The number of rotatable bonds is 73. The first-order valence-corrected chi connectivity index (χ1v) is 42.7. The van der Waals surface area contributed by atoms with Crippen LogP contribution in [0.4, 0.5) is 0 Å². The van der Waals surface area contributed by atoms with Crippen LogP contribution in [0.15, 0.2) is 158 Å². The third-order valence-corrected chi connectivity index (χ3v) is 17.9. The van der Waals surface area contributed by atoms with Gasteiger partial charge in [-0.2, -0.15) is 0 Å². The molecule has 0 amide bonds. The van der Waals surface area contributed by atoms with Gasteiger partial charge in [-0.25, -0.2) is 9.13 Å². The molecule has 0 aromatic rings. The lowest BCUT2D eigenvalue weighted by atomic mass is 10.1. The van der Waals surface area contributed by atoms with Crippen LogP contribution >= 0.6 is 15.6 Å². The fourth-order valence-corrected chi connectivity index (χ4v) is 11.5. The van der Waals surface area contributed by atoms with Crippen LogP contribution in [-0.4, -0.2) is 96.7 Å². The van der Waals surface area contributed by atoms with Gasteiger partial charge in [-0.3, -0.25) is 37.3 Å². The number of esters is 4. The van der Waals surface area contributed by atoms with Crippen molar-refractivity contribution in [3.8, 4) is 0 Å². The van der Waals surface area contributed by atoms with E-state index in [4.69, 9.17) is 37.0 Å². The van der Waals surface area contributed by atoms with Crippen molar-refractivity contribution in [2.75, 3.05) is 39.6 Å². The summed E-state index contributed by atoms with van der Waals surface area (Å²) in [4.78, 5) is 73.0. The van der Waals surface area contributed by atoms with Gasteiger partial charge in [0.1, 0.15) is 19.3 Å². The molecule has 0 spiro atoms. The summed E-state index contributed by atoms with van der Waals surface area (Å²) in [5, 5.41) is 10.6. The molecule has 0 saturated heterocycles. The Morgan fingerprint density at radius 1 is 0.279 bits per heavy atom. The predicted octanol–water partition coefficient (Wildman–Crippen LogP) is 23.2. The second-order valence-corrected chi connectivity index (χ2v) is 28.8. The number of carbonyl (C=O) groups is 4. The molecule has 5 atom stereocenters. The molecule has 104 heavy (non-hydrogen) atoms. The highest BCUT2D eigenvalue weighted by atomic mass is 31.2. The minimum Gasteiger partial charge on any atom is -0.462 e. The Labute approximate surface area is 629 Å². The number of aliphatic hydroxyl groups excluding tert-OH is 1. The number of aliphatic hydroxyl groups is 1. The van der Waals surface area contributed by atoms with Gasteiger partial charge in [-0.15, -0.1) is 0 Å². The lowest BCUT2D eigenvalue weighted by molar-refractivity contribution is -0.161. The van der Waals surface area contributed by atoms with Crippen molar-refractivity contribution in [2.24, 2.45) is 0 Å². The monoisotopic (exact) mass is 1490 g/mol. The van der Waals surface area contributed by atoms with Gasteiger partial charge >= 0.3 is 39.5 Å². The number of ether oxygens (including phenoxy) is 4. The van der Waals surface area contributed by atoms with E-state index in [2.05, 4.69) is 167 Å².